The number of rotatable bonds is 3. The average Bonchev–Trinajstić information content (AvgIpc) is 2.44. The van der Waals surface area contributed by atoms with Crippen molar-refractivity contribution >= 4 is 24.0 Å². The van der Waals surface area contributed by atoms with Gasteiger partial charge in [-0.25, -0.2) is 4.39 Å². The predicted octanol–water partition coefficient (Wildman–Crippen LogP) is 2.25. The Bertz CT molecular complexity index is 464. The molecule has 0 radical (unpaired) electrons. The SMILES string of the molecule is Cc1c(F)cccc1NC(=O)C(N)C1CCOCC1.Cl. The maximum atomic E-state index is 13.4. The Morgan fingerprint density at radius 2 is 2.10 bits per heavy atom. The number of halogens is 2. The van der Waals surface area contributed by atoms with E-state index < -0.39 is 6.04 Å². The predicted molar refractivity (Wildman–Crippen MR) is 78.5 cm³/mol. The molecule has 1 aromatic carbocycles. The third-order valence-corrected chi connectivity index (χ3v) is 3.60. The number of amides is 1. The van der Waals surface area contributed by atoms with Crippen molar-refractivity contribution < 1.29 is 13.9 Å². The topological polar surface area (TPSA) is 64.4 Å². The normalized spacial score (nSPS) is 17.1. The maximum absolute atomic E-state index is 13.4. The summed E-state index contributed by atoms with van der Waals surface area (Å²) in [4.78, 5) is 12.1. The van der Waals surface area contributed by atoms with Crippen molar-refractivity contribution in [3.05, 3.63) is 29.6 Å². The first-order chi connectivity index (χ1) is 9.09. The molecule has 0 bridgehead atoms. The van der Waals surface area contributed by atoms with Crippen LogP contribution in [0.2, 0.25) is 0 Å². The summed E-state index contributed by atoms with van der Waals surface area (Å²) >= 11 is 0. The van der Waals surface area contributed by atoms with Gasteiger partial charge in [0, 0.05) is 24.5 Å². The second-order valence-electron chi connectivity index (χ2n) is 4.88. The Morgan fingerprint density at radius 3 is 2.75 bits per heavy atom. The van der Waals surface area contributed by atoms with Gasteiger partial charge in [0.25, 0.3) is 0 Å². The summed E-state index contributed by atoms with van der Waals surface area (Å²) < 4.78 is 18.6. The number of anilines is 1. The Morgan fingerprint density at radius 1 is 1.45 bits per heavy atom. The number of hydrogen-bond acceptors (Lipinski definition) is 3. The fourth-order valence-electron chi connectivity index (χ4n) is 2.25. The van der Waals surface area contributed by atoms with Crippen LogP contribution in [0, 0.1) is 18.7 Å². The van der Waals surface area contributed by atoms with Crippen molar-refractivity contribution in [3.8, 4) is 0 Å². The highest BCUT2D eigenvalue weighted by Crippen LogP contribution is 2.21. The first kappa shape index (κ1) is 16.9. The van der Waals surface area contributed by atoms with E-state index in [1.807, 2.05) is 0 Å². The molecule has 1 aliphatic rings. The van der Waals surface area contributed by atoms with Crippen LogP contribution in [0.4, 0.5) is 10.1 Å². The second kappa shape index (κ2) is 7.57. The van der Waals surface area contributed by atoms with Crippen molar-refractivity contribution in [1.29, 1.82) is 0 Å². The molecule has 1 fully saturated rings. The molecule has 0 saturated carbocycles. The molecule has 1 atom stereocenters. The van der Waals surface area contributed by atoms with Crippen LogP contribution in [-0.4, -0.2) is 25.2 Å². The quantitative estimate of drug-likeness (QED) is 0.900. The zero-order valence-electron chi connectivity index (χ0n) is 11.4. The lowest BCUT2D eigenvalue weighted by atomic mass is 9.92. The monoisotopic (exact) mass is 302 g/mol. The summed E-state index contributed by atoms with van der Waals surface area (Å²) in [5.74, 6) is -0.472. The Kier molecular flexibility index (Phi) is 6.39. The molecule has 1 heterocycles. The highest BCUT2D eigenvalue weighted by molar-refractivity contribution is 5.95. The Balaban J connectivity index is 0.00000200. The largest absolute Gasteiger partial charge is 0.381 e. The lowest BCUT2D eigenvalue weighted by molar-refractivity contribution is -0.119. The molecule has 1 aliphatic heterocycles. The zero-order valence-corrected chi connectivity index (χ0v) is 12.2. The molecule has 112 valence electrons. The number of carbonyl (C=O) groups excluding carboxylic acids is 1. The molecular weight excluding hydrogens is 283 g/mol. The van der Waals surface area contributed by atoms with Crippen LogP contribution in [-0.2, 0) is 9.53 Å². The molecule has 0 aromatic heterocycles. The van der Waals surface area contributed by atoms with Crippen LogP contribution < -0.4 is 11.1 Å². The number of carbonyl (C=O) groups is 1. The summed E-state index contributed by atoms with van der Waals surface area (Å²) in [5.41, 5.74) is 6.87. The fraction of sp³-hybridized carbons (Fsp3) is 0.500. The van der Waals surface area contributed by atoms with Crippen molar-refractivity contribution in [1.82, 2.24) is 0 Å². The van der Waals surface area contributed by atoms with Gasteiger partial charge < -0.3 is 15.8 Å². The van der Waals surface area contributed by atoms with Crippen molar-refractivity contribution in [2.45, 2.75) is 25.8 Å². The standard InChI is InChI=1S/C14H19FN2O2.ClH/c1-9-11(15)3-2-4-12(9)17-14(18)13(16)10-5-7-19-8-6-10;/h2-4,10,13H,5-8,16H2,1H3,(H,17,18);1H. The van der Waals surface area contributed by atoms with Gasteiger partial charge in [0.1, 0.15) is 5.82 Å². The number of nitrogens with one attached hydrogen (secondary N) is 1. The molecule has 20 heavy (non-hydrogen) atoms. The van der Waals surface area contributed by atoms with Crippen LogP contribution >= 0.6 is 12.4 Å². The third kappa shape index (κ3) is 3.91. The summed E-state index contributed by atoms with van der Waals surface area (Å²) in [6, 6.07) is 4.03. The van der Waals surface area contributed by atoms with E-state index in [1.54, 1.807) is 19.1 Å². The van der Waals surface area contributed by atoms with Crippen molar-refractivity contribution in [3.63, 3.8) is 0 Å². The first-order valence-electron chi connectivity index (χ1n) is 6.49. The Hall–Kier alpha value is -1.17. The number of hydrogen-bond donors (Lipinski definition) is 2. The molecule has 1 saturated heterocycles. The highest BCUT2D eigenvalue weighted by atomic mass is 35.5. The van der Waals surface area contributed by atoms with Gasteiger partial charge in [-0.1, -0.05) is 6.07 Å². The minimum Gasteiger partial charge on any atom is -0.381 e. The first-order valence-corrected chi connectivity index (χ1v) is 6.49. The van der Waals surface area contributed by atoms with Crippen molar-refractivity contribution in [2.75, 3.05) is 18.5 Å². The van der Waals surface area contributed by atoms with E-state index in [0.717, 1.165) is 12.8 Å². The molecule has 3 N–H and O–H groups in total. The minimum absolute atomic E-state index is 0. The van der Waals surface area contributed by atoms with E-state index in [2.05, 4.69) is 5.32 Å². The van der Waals surface area contributed by atoms with E-state index in [1.165, 1.54) is 6.07 Å². The molecular formula is C14H20ClFN2O2. The number of nitrogens with two attached hydrogens (primary N) is 1. The van der Waals surface area contributed by atoms with Gasteiger partial charge in [-0.3, -0.25) is 4.79 Å². The lowest BCUT2D eigenvalue weighted by Gasteiger charge is -2.26. The third-order valence-electron chi connectivity index (χ3n) is 3.60. The van der Waals surface area contributed by atoms with E-state index in [0.29, 0.717) is 24.5 Å². The molecule has 4 nitrogen and oxygen atoms in total. The van der Waals surface area contributed by atoms with E-state index >= 15 is 0 Å². The fourth-order valence-corrected chi connectivity index (χ4v) is 2.25. The minimum atomic E-state index is -0.577. The molecule has 6 heteroatoms. The zero-order chi connectivity index (χ0) is 13.8. The number of ether oxygens (including phenoxy) is 1. The molecule has 0 spiro atoms. The van der Waals surface area contributed by atoms with Gasteiger partial charge in [-0.15, -0.1) is 12.4 Å². The summed E-state index contributed by atoms with van der Waals surface area (Å²) in [6.45, 7) is 2.92. The van der Waals surface area contributed by atoms with Crippen LogP contribution in [0.25, 0.3) is 0 Å². The van der Waals surface area contributed by atoms with Gasteiger partial charge >= 0.3 is 0 Å². The summed E-state index contributed by atoms with van der Waals surface area (Å²) in [5, 5.41) is 2.70. The second-order valence-corrected chi connectivity index (χ2v) is 4.88. The van der Waals surface area contributed by atoms with E-state index in [4.69, 9.17) is 10.5 Å². The van der Waals surface area contributed by atoms with Crippen LogP contribution in [0.1, 0.15) is 18.4 Å². The van der Waals surface area contributed by atoms with Crippen LogP contribution in [0.3, 0.4) is 0 Å². The summed E-state index contributed by atoms with van der Waals surface area (Å²) in [7, 11) is 0. The Labute approximate surface area is 124 Å². The lowest BCUT2D eigenvalue weighted by Crippen LogP contribution is -2.44. The van der Waals surface area contributed by atoms with Gasteiger partial charge in [-0.2, -0.15) is 0 Å². The van der Waals surface area contributed by atoms with Crippen molar-refractivity contribution in [2.24, 2.45) is 11.7 Å². The van der Waals surface area contributed by atoms with Gasteiger partial charge in [0.2, 0.25) is 5.91 Å². The van der Waals surface area contributed by atoms with Gasteiger partial charge in [0.05, 0.1) is 6.04 Å². The summed E-state index contributed by atoms with van der Waals surface area (Å²) in [6.07, 6.45) is 1.58. The molecule has 1 amide bonds. The number of benzene rings is 1. The molecule has 0 aliphatic carbocycles. The molecule has 2 rings (SSSR count). The van der Waals surface area contributed by atoms with Crippen LogP contribution in [0.5, 0.6) is 0 Å². The van der Waals surface area contributed by atoms with E-state index in [9.17, 15) is 9.18 Å². The van der Waals surface area contributed by atoms with Crippen LogP contribution in [0.15, 0.2) is 18.2 Å². The van der Waals surface area contributed by atoms with Gasteiger partial charge in [0.15, 0.2) is 0 Å². The van der Waals surface area contributed by atoms with Gasteiger partial charge in [-0.05, 0) is 37.8 Å². The smallest absolute Gasteiger partial charge is 0.241 e. The van der Waals surface area contributed by atoms with E-state index in [-0.39, 0.29) is 30.0 Å². The molecule has 1 unspecified atom stereocenters. The highest BCUT2D eigenvalue weighted by Gasteiger charge is 2.26. The average molecular weight is 303 g/mol. The maximum Gasteiger partial charge on any atom is 0.241 e. The molecule has 1 aromatic rings.